The van der Waals surface area contributed by atoms with Crippen molar-refractivity contribution in [2.45, 2.75) is 143 Å². The first-order valence-corrected chi connectivity index (χ1v) is 21.5. The summed E-state index contributed by atoms with van der Waals surface area (Å²) < 4.78 is 62.6. The summed E-state index contributed by atoms with van der Waals surface area (Å²) in [5, 5.41) is -0.107. The van der Waals surface area contributed by atoms with E-state index >= 15 is 0 Å². The molecule has 0 radical (unpaired) electrons. The van der Waals surface area contributed by atoms with E-state index in [9.17, 15) is 21.6 Å². The van der Waals surface area contributed by atoms with Gasteiger partial charge >= 0.3 is 0 Å². The highest BCUT2D eigenvalue weighted by molar-refractivity contribution is 7.91. The molecule has 6 saturated heterocycles. The standard InChI is InChI=1S/C7H15NO2S.C7H15NO.2C7H15N.C6H12FN.C4H7F2N/c1-6(2)8-4-7(5-8)11(3,9)10;1-6(2)8-4-7(5-8)9-3;1-6(2)8-4-7(3)5-8;1-7(2)8-5-3-4-6-8;1-5(2)8-3-6(7)4-8;1-7-2-4(5,6)3-7/h6-7H,4-5H2,1-3H3;6-7H,4-5H2,1-3H3;6-7H,4-5H2,1-3H3;7H,3-6H2,1-2H3;5-6H,3-4H2,1-2H3;2-3H2,1H3. The van der Waals surface area contributed by atoms with Gasteiger partial charge in [0, 0.05) is 95.9 Å². The van der Waals surface area contributed by atoms with Crippen molar-refractivity contribution in [3.05, 3.63) is 0 Å². The summed E-state index contributed by atoms with van der Waals surface area (Å²) in [6.45, 7) is 34.3. The molecule has 0 N–H and O–H groups in total. The Hall–Kier alpha value is -0.540. The smallest absolute Gasteiger partial charge is 0.272 e. The van der Waals surface area contributed by atoms with Crippen LogP contribution in [0.4, 0.5) is 13.2 Å². The molecule has 6 rings (SSSR count). The van der Waals surface area contributed by atoms with Crippen LogP contribution in [0.2, 0.25) is 0 Å². The summed E-state index contributed by atoms with van der Waals surface area (Å²) in [5.74, 6) is -1.42. The molecule has 0 bridgehead atoms. The summed E-state index contributed by atoms with van der Waals surface area (Å²) in [6, 6.07) is 3.25. The normalized spacial score (nSPS) is 24.0. The van der Waals surface area contributed by atoms with Gasteiger partial charge in [-0.2, -0.15) is 0 Å². The van der Waals surface area contributed by atoms with Gasteiger partial charge in [0.2, 0.25) is 0 Å². The average molecular weight is 757 g/mol. The molecule has 0 aromatic carbocycles. The third-order valence-electron chi connectivity index (χ3n) is 10.4. The maximum Gasteiger partial charge on any atom is 0.272 e. The number of sulfone groups is 1. The predicted octanol–water partition coefficient (Wildman–Crippen LogP) is 5.30. The molecule has 0 saturated carbocycles. The van der Waals surface area contributed by atoms with Crippen molar-refractivity contribution in [1.29, 1.82) is 0 Å². The molecule has 0 aliphatic carbocycles. The summed E-state index contributed by atoms with van der Waals surface area (Å²) in [7, 11) is 0.684. The Balaban J connectivity index is 0.000000308. The molecule has 0 aromatic rings. The van der Waals surface area contributed by atoms with E-state index in [-0.39, 0.29) is 18.3 Å². The molecule has 6 heterocycles. The topological polar surface area (TPSA) is 62.8 Å². The van der Waals surface area contributed by atoms with E-state index in [1.165, 1.54) is 45.3 Å². The van der Waals surface area contributed by atoms with Crippen molar-refractivity contribution in [2.75, 3.05) is 99.0 Å². The maximum atomic E-state index is 12.1. The average Bonchev–Trinajstić information content (AvgIpc) is 3.43. The number of likely N-dealkylation sites (tertiary alicyclic amines) is 6. The first kappa shape index (κ1) is 48.5. The number of nitrogens with zero attached hydrogens (tertiary/aromatic N) is 6. The second-order valence-corrected chi connectivity index (χ2v) is 19.4. The third kappa shape index (κ3) is 19.1. The van der Waals surface area contributed by atoms with Crippen molar-refractivity contribution in [3.63, 3.8) is 0 Å². The minimum absolute atomic E-state index is 0.0625. The first-order chi connectivity index (χ1) is 23.4. The van der Waals surface area contributed by atoms with Crippen LogP contribution in [0.5, 0.6) is 0 Å². The quantitative estimate of drug-likeness (QED) is 0.345. The largest absolute Gasteiger partial charge is 0.379 e. The Morgan fingerprint density at radius 1 is 0.627 bits per heavy atom. The van der Waals surface area contributed by atoms with E-state index in [0.29, 0.717) is 37.3 Å². The zero-order chi connectivity index (χ0) is 39.3. The zero-order valence-corrected chi connectivity index (χ0v) is 35.9. The Morgan fingerprint density at radius 2 is 0.980 bits per heavy atom. The molecule has 0 amide bonds. The van der Waals surface area contributed by atoms with Crippen molar-refractivity contribution in [3.8, 4) is 0 Å². The molecule has 306 valence electrons. The molecule has 0 aromatic heterocycles. The number of alkyl halides is 3. The second-order valence-electron chi connectivity index (χ2n) is 17.1. The minimum Gasteiger partial charge on any atom is -0.379 e. The Labute approximate surface area is 312 Å². The van der Waals surface area contributed by atoms with Gasteiger partial charge < -0.3 is 14.5 Å². The number of ether oxygens (including phenoxy) is 1. The molecule has 0 atom stereocenters. The monoisotopic (exact) mass is 757 g/mol. The van der Waals surface area contributed by atoms with Gasteiger partial charge in [-0.15, -0.1) is 0 Å². The van der Waals surface area contributed by atoms with E-state index < -0.39 is 21.9 Å². The number of rotatable bonds is 7. The lowest BCUT2D eigenvalue weighted by molar-refractivity contribution is -0.119. The summed E-state index contributed by atoms with van der Waals surface area (Å²) in [5.41, 5.74) is 0. The van der Waals surface area contributed by atoms with Gasteiger partial charge in [-0.05, 0) is 108 Å². The van der Waals surface area contributed by atoms with Crippen LogP contribution in [0.15, 0.2) is 0 Å². The van der Waals surface area contributed by atoms with E-state index in [1.54, 1.807) is 19.1 Å². The number of halogens is 3. The number of hydrogen-bond acceptors (Lipinski definition) is 9. The van der Waals surface area contributed by atoms with Crippen molar-refractivity contribution < 1.29 is 26.3 Å². The van der Waals surface area contributed by atoms with Crippen LogP contribution >= 0.6 is 0 Å². The summed E-state index contributed by atoms with van der Waals surface area (Å²) in [4.78, 5) is 13.3. The van der Waals surface area contributed by atoms with Gasteiger partial charge in [0.1, 0.15) is 6.17 Å². The van der Waals surface area contributed by atoms with E-state index in [1.807, 2.05) is 0 Å². The molecule has 13 heteroatoms. The van der Waals surface area contributed by atoms with Crippen LogP contribution < -0.4 is 0 Å². The minimum atomic E-state index is -2.77. The van der Waals surface area contributed by atoms with Crippen molar-refractivity contribution >= 4 is 9.84 Å². The molecular formula is C38H79F3N6O3S. The fourth-order valence-electron chi connectivity index (χ4n) is 6.25. The maximum absolute atomic E-state index is 12.1. The van der Waals surface area contributed by atoms with Crippen molar-refractivity contribution in [1.82, 2.24) is 29.4 Å². The van der Waals surface area contributed by atoms with Crippen LogP contribution in [-0.4, -0.2) is 190 Å². The van der Waals surface area contributed by atoms with Crippen LogP contribution in [0, 0.1) is 5.92 Å². The molecular weight excluding hydrogens is 678 g/mol. The summed E-state index contributed by atoms with van der Waals surface area (Å²) in [6.07, 6.45) is 4.11. The molecule has 6 aliphatic heterocycles. The van der Waals surface area contributed by atoms with E-state index in [2.05, 4.69) is 101 Å². The van der Waals surface area contributed by atoms with Gasteiger partial charge in [0.05, 0.1) is 24.4 Å². The fourth-order valence-corrected chi connectivity index (χ4v) is 7.17. The van der Waals surface area contributed by atoms with Crippen LogP contribution in [0.25, 0.3) is 0 Å². The zero-order valence-electron chi connectivity index (χ0n) is 35.0. The van der Waals surface area contributed by atoms with Gasteiger partial charge in [-0.25, -0.2) is 21.6 Å². The fraction of sp³-hybridized carbons (Fsp3) is 1.00. The molecule has 0 unspecified atom stereocenters. The lowest BCUT2D eigenvalue weighted by Crippen LogP contribution is -2.56. The molecule has 6 fully saturated rings. The van der Waals surface area contributed by atoms with Gasteiger partial charge in [-0.1, -0.05) is 6.92 Å². The van der Waals surface area contributed by atoms with Crippen molar-refractivity contribution in [2.24, 2.45) is 5.92 Å². The molecule has 51 heavy (non-hydrogen) atoms. The van der Waals surface area contributed by atoms with Gasteiger partial charge in [0.15, 0.2) is 9.84 Å². The summed E-state index contributed by atoms with van der Waals surface area (Å²) >= 11 is 0. The van der Waals surface area contributed by atoms with E-state index in [4.69, 9.17) is 4.74 Å². The highest BCUT2D eigenvalue weighted by atomic mass is 32.2. The predicted molar refractivity (Wildman–Crippen MR) is 209 cm³/mol. The number of hydrogen-bond donors (Lipinski definition) is 0. The Kier molecular flexibility index (Phi) is 21.6. The number of methoxy groups -OCH3 is 1. The highest BCUT2D eigenvalue weighted by Crippen LogP contribution is 2.24. The molecule has 0 spiro atoms. The van der Waals surface area contributed by atoms with E-state index in [0.717, 1.165) is 44.2 Å². The lowest BCUT2D eigenvalue weighted by atomic mass is 10.0. The van der Waals surface area contributed by atoms with Crippen LogP contribution in [0.1, 0.15) is 89.0 Å². The second kappa shape index (κ2) is 22.7. The first-order valence-electron chi connectivity index (χ1n) is 19.6. The molecule has 9 nitrogen and oxygen atoms in total. The molecule has 6 aliphatic rings. The highest BCUT2D eigenvalue weighted by Gasteiger charge is 2.41. The van der Waals surface area contributed by atoms with Crippen LogP contribution in [0.3, 0.4) is 0 Å². The Bertz CT molecular complexity index is 992. The van der Waals surface area contributed by atoms with Crippen LogP contribution in [-0.2, 0) is 14.6 Å². The SMILES string of the molecule is CC(C)N1CC(F)C1.CC(C)N1CC(S(C)(=O)=O)C1.CC(C)N1CCCC1.CC1CN(C(C)C)C1.CN1CC(F)(F)C1.COC1CN(C(C)C)C1. The lowest BCUT2D eigenvalue weighted by Gasteiger charge is -2.40. The Morgan fingerprint density at radius 3 is 1.18 bits per heavy atom. The van der Waals surface area contributed by atoms with Gasteiger partial charge in [0.25, 0.3) is 5.92 Å². The third-order valence-corrected chi connectivity index (χ3v) is 12.0. The van der Waals surface area contributed by atoms with Gasteiger partial charge in [-0.3, -0.25) is 19.6 Å².